The average Bonchev–Trinajstić information content (AvgIpc) is 3.39. The van der Waals surface area contributed by atoms with Gasteiger partial charge in [0.05, 0.1) is 11.3 Å². The van der Waals surface area contributed by atoms with Crippen LogP contribution in [-0.4, -0.2) is 45.5 Å². The molecule has 1 fully saturated rings. The van der Waals surface area contributed by atoms with E-state index in [9.17, 15) is 31.6 Å². The Hall–Kier alpha value is -2.60. The second-order valence-corrected chi connectivity index (χ2v) is 7.45. The normalized spacial score (nSPS) is 13.7. The summed E-state index contributed by atoms with van der Waals surface area (Å²) in [6.45, 7) is -1.09. The maximum Gasteiger partial charge on any atom is 0.321 e. The van der Waals surface area contributed by atoms with Crippen LogP contribution in [0.1, 0.15) is 19.3 Å². The topological polar surface area (TPSA) is 131 Å². The van der Waals surface area contributed by atoms with Crippen LogP contribution in [0.15, 0.2) is 23.1 Å². The monoisotopic (exact) mass is 405 g/mol. The maximum atomic E-state index is 13.1. The summed E-state index contributed by atoms with van der Waals surface area (Å²) in [7, 11) is -4.14. The number of amides is 3. The van der Waals surface area contributed by atoms with Crippen molar-refractivity contribution in [1.82, 2.24) is 15.4 Å². The number of carbonyl (C=O) groups excluding carboxylic acids is 3. The van der Waals surface area contributed by atoms with Crippen LogP contribution in [0.2, 0.25) is 0 Å². The van der Waals surface area contributed by atoms with Crippen molar-refractivity contribution in [3.05, 3.63) is 29.8 Å². The van der Waals surface area contributed by atoms with Gasteiger partial charge in [-0.05, 0) is 31.0 Å². The molecule has 0 bridgehead atoms. The molecule has 3 amide bonds. The lowest BCUT2D eigenvalue weighted by Gasteiger charge is -2.08. The predicted molar refractivity (Wildman–Crippen MR) is 86.8 cm³/mol. The molecule has 0 saturated heterocycles. The summed E-state index contributed by atoms with van der Waals surface area (Å²) in [6, 6.07) is 1.42. The summed E-state index contributed by atoms with van der Waals surface area (Å²) in [5.74, 6) is -4.24. The van der Waals surface area contributed by atoms with E-state index in [1.165, 1.54) is 0 Å². The molecule has 2 rings (SSSR count). The van der Waals surface area contributed by atoms with Gasteiger partial charge in [0.2, 0.25) is 10.0 Å². The zero-order valence-electron chi connectivity index (χ0n) is 14.0. The van der Waals surface area contributed by atoms with Crippen LogP contribution >= 0.6 is 0 Å². The molecule has 0 spiro atoms. The Morgan fingerprint density at radius 1 is 1.15 bits per heavy atom. The zero-order valence-corrected chi connectivity index (χ0v) is 14.8. The Bertz CT molecular complexity index is 842. The molecule has 148 valence electrons. The predicted octanol–water partition coefficient (Wildman–Crippen LogP) is 0.165. The Kier molecular flexibility index (Phi) is 6.80. The summed E-state index contributed by atoms with van der Waals surface area (Å²) in [6.07, 6.45) is 1.28. The number of nitrogens with one attached hydrogen (secondary N) is 3. The van der Waals surface area contributed by atoms with Crippen molar-refractivity contribution in [2.45, 2.75) is 30.2 Å². The maximum absolute atomic E-state index is 13.1. The van der Waals surface area contributed by atoms with Crippen LogP contribution in [0.25, 0.3) is 0 Å². The first-order chi connectivity index (χ1) is 12.7. The Morgan fingerprint density at radius 2 is 1.85 bits per heavy atom. The summed E-state index contributed by atoms with van der Waals surface area (Å²) in [4.78, 5) is 33.7. The minimum atomic E-state index is -4.14. The van der Waals surface area contributed by atoms with Gasteiger partial charge in [-0.2, -0.15) is 0 Å². The van der Waals surface area contributed by atoms with Crippen LogP contribution in [0, 0.1) is 11.6 Å². The van der Waals surface area contributed by atoms with Crippen molar-refractivity contribution in [2.24, 2.45) is 0 Å². The van der Waals surface area contributed by atoms with Gasteiger partial charge in [-0.15, -0.1) is 0 Å². The second-order valence-electron chi connectivity index (χ2n) is 5.68. The lowest BCUT2D eigenvalue weighted by molar-refractivity contribution is -0.148. The highest BCUT2D eigenvalue weighted by atomic mass is 32.2. The Balaban J connectivity index is 1.69. The molecule has 27 heavy (non-hydrogen) atoms. The molecular formula is C15H17F2N3O6S. The van der Waals surface area contributed by atoms with Gasteiger partial charge < -0.3 is 10.1 Å². The number of rotatable bonds is 8. The molecule has 0 atom stereocenters. The number of benzene rings is 1. The Labute approximate surface area is 153 Å². The molecule has 1 aliphatic carbocycles. The van der Waals surface area contributed by atoms with Crippen molar-refractivity contribution in [1.29, 1.82) is 0 Å². The van der Waals surface area contributed by atoms with E-state index in [0.717, 1.165) is 18.9 Å². The number of sulfonamides is 1. The van der Waals surface area contributed by atoms with Gasteiger partial charge in [0.15, 0.2) is 18.2 Å². The molecule has 0 aliphatic heterocycles. The van der Waals surface area contributed by atoms with Crippen LogP contribution in [0.4, 0.5) is 13.6 Å². The number of hydrogen-bond donors (Lipinski definition) is 3. The van der Waals surface area contributed by atoms with E-state index in [2.05, 4.69) is 10.1 Å². The van der Waals surface area contributed by atoms with E-state index in [4.69, 9.17) is 0 Å². The summed E-state index contributed by atoms with van der Waals surface area (Å²) >= 11 is 0. The van der Waals surface area contributed by atoms with Gasteiger partial charge in [-0.3, -0.25) is 14.9 Å². The molecule has 0 heterocycles. The fraction of sp³-hybridized carbons (Fsp3) is 0.400. The van der Waals surface area contributed by atoms with Crippen LogP contribution < -0.4 is 15.4 Å². The lowest BCUT2D eigenvalue weighted by atomic mass is 10.3. The Morgan fingerprint density at radius 3 is 2.48 bits per heavy atom. The number of hydrogen-bond acceptors (Lipinski definition) is 6. The number of carbonyl (C=O) groups is 3. The standard InChI is InChI=1S/C15H17F2N3O6S/c16-11-4-3-10(7-12(11)17)27(24,25)18-6-5-14(22)26-8-13(21)20-15(23)19-9-1-2-9/h3-4,7,9,18H,1-2,5-6,8H2,(H2,19,20,21,23). The SMILES string of the molecule is O=C(COC(=O)CCNS(=O)(=O)c1ccc(F)c(F)c1)NC(=O)NC1CC1. The van der Waals surface area contributed by atoms with Crippen LogP contribution in [0.5, 0.6) is 0 Å². The molecule has 1 saturated carbocycles. The van der Waals surface area contributed by atoms with E-state index in [0.29, 0.717) is 12.1 Å². The minimum absolute atomic E-state index is 0.0583. The third kappa shape index (κ3) is 6.90. The lowest BCUT2D eigenvalue weighted by Crippen LogP contribution is -2.42. The molecule has 1 aromatic rings. The largest absolute Gasteiger partial charge is 0.456 e. The van der Waals surface area contributed by atoms with E-state index >= 15 is 0 Å². The van der Waals surface area contributed by atoms with Crippen molar-refractivity contribution in [3.63, 3.8) is 0 Å². The van der Waals surface area contributed by atoms with Gasteiger partial charge in [0.25, 0.3) is 5.91 Å². The average molecular weight is 405 g/mol. The molecule has 12 heteroatoms. The third-order valence-electron chi connectivity index (χ3n) is 3.35. The third-order valence-corrected chi connectivity index (χ3v) is 4.81. The molecule has 1 aromatic carbocycles. The van der Waals surface area contributed by atoms with Crippen molar-refractivity contribution in [2.75, 3.05) is 13.2 Å². The highest BCUT2D eigenvalue weighted by molar-refractivity contribution is 7.89. The number of imide groups is 1. The van der Waals surface area contributed by atoms with E-state index in [1.807, 2.05) is 10.0 Å². The summed E-state index contributed by atoms with van der Waals surface area (Å²) < 4.78 is 56.3. The van der Waals surface area contributed by atoms with Crippen molar-refractivity contribution < 1.29 is 36.3 Å². The first-order valence-electron chi connectivity index (χ1n) is 7.88. The van der Waals surface area contributed by atoms with E-state index in [1.54, 1.807) is 0 Å². The molecule has 0 unspecified atom stereocenters. The van der Waals surface area contributed by atoms with Crippen molar-refractivity contribution >= 4 is 27.9 Å². The number of ether oxygens (including phenoxy) is 1. The quantitative estimate of drug-likeness (QED) is 0.529. The molecule has 1 aliphatic rings. The second kappa shape index (κ2) is 8.86. The van der Waals surface area contributed by atoms with Gasteiger partial charge in [0.1, 0.15) is 0 Å². The van der Waals surface area contributed by atoms with Crippen molar-refractivity contribution in [3.8, 4) is 0 Å². The van der Waals surface area contributed by atoms with Crippen LogP contribution in [0.3, 0.4) is 0 Å². The molecule has 0 radical (unpaired) electrons. The minimum Gasteiger partial charge on any atom is -0.456 e. The molecule has 0 aromatic heterocycles. The number of urea groups is 1. The smallest absolute Gasteiger partial charge is 0.321 e. The van der Waals surface area contributed by atoms with E-state index < -0.39 is 57.5 Å². The summed E-state index contributed by atoms with van der Waals surface area (Å²) in [5, 5.41) is 4.48. The fourth-order valence-corrected chi connectivity index (χ4v) is 2.89. The van der Waals surface area contributed by atoms with E-state index in [-0.39, 0.29) is 12.6 Å². The highest BCUT2D eigenvalue weighted by Crippen LogP contribution is 2.18. The van der Waals surface area contributed by atoms with Crippen LogP contribution in [-0.2, 0) is 24.3 Å². The van der Waals surface area contributed by atoms with Gasteiger partial charge in [0, 0.05) is 12.6 Å². The highest BCUT2D eigenvalue weighted by Gasteiger charge is 2.24. The molecular weight excluding hydrogens is 388 g/mol. The molecule has 9 nitrogen and oxygen atoms in total. The van der Waals surface area contributed by atoms with Gasteiger partial charge >= 0.3 is 12.0 Å². The fourth-order valence-electron chi connectivity index (χ4n) is 1.84. The summed E-state index contributed by atoms with van der Waals surface area (Å²) in [5.41, 5.74) is 0. The number of esters is 1. The first kappa shape index (κ1) is 20.7. The first-order valence-corrected chi connectivity index (χ1v) is 9.36. The molecule has 3 N–H and O–H groups in total. The van der Waals surface area contributed by atoms with Gasteiger partial charge in [-0.1, -0.05) is 0 Å². The zero-order chi connectivity index (χ0) is 20.0. The number of halogens is 2. The van der Waals surface area contributed by atoms with Gasteiger partial charge in [-0.25, -0.2) is 26.7 Å².